The van der Waals surface area contributed by atoms with Gasteiger partial charge in [0.25, 0.3) is 0 Å². The zero-order valence-electron chi connectivity index (χ0n) is 10.5. The minimum Gasteiger partial charge on any atom is -0.550 e. The van der Waals surface area contributed by atoms with Crippen LogP contribution in [0, 0.1) is 5.92 Å². The molecule has 1 atom stereocenters. The van der Waals surface area contributed by atoms with E-state index in [1.165, 1.54) is 5.56 Å². The smallest absolute Gasteiger partial charge is 0.550 e. The van der Waals surface area contributed by atoms with Gasteiger partial charge in [-0.05, 0) is 23.5 Å². The molecule has 0 aliphatic carbocycles. The Hall–Kier alpha value is -0.713. The Morgan fingerprint density at radius 3 is 2.06 bits per heavy atom. The van der Waals surface area contributed by atoms with Crippen molar-refractivity contribution < 1.29 is 28.8 Å². The standard InChI is InChI=1S/C13H18O2.Li/c1-9(2)8-11-4-6-12(7-5-11)10(3)13(14)15;/h4-7,9-10H,8H2,1-3H3,(H,14,15);/q;+1/p-1/t10-;/m0./s1. The van der Waals surface area contributed by atoms with Crippen molar-refractivity contribution in [2.45, 2.75) is 33.1 Å². The average Bonchev–Trinajstić information content (AvgIpc) is 2.17. The fraction of sp³-hybridized carbons (Fsp3) is 0.462. The van der Waals surface area contributed by atoms with Gasteiger partial charge in [-0.3, -0.25) is 0 Å². The molecule has 1 aromatic carbocycles. The first-order valence-electron chi connectivity index (χ1n) is 5.30. The summed E-state index contributed by atoms with van der Waals surface area (Å²) in [4.78, 5) is 10.7. The van der Waals surface area contributed by atoms with Gasteiger partial charge in [-0.25, -0.2) is 0 Å². The molecule has 3 heteroatoms. The zero-order chi connectivity index (χ0) is 11.4. The van der Waals surface area contributed by atoms with Gasteiger partial charge in [0.15, 0.2) is 0 Å². The van der Waals surface area contributed by atoms with Crippen LogP contribution in [0.3, 0.4) is 0 Å². The second-order valence-corrected chi connectivity index (χ2v) is 4.38. The third kappa shape index (κ3) is 4.43. The molecule has 0 aliphatic heterocycles. The number of hydrogen-bond donors (Lipinski definition) is 0. The van der Waals surface area contributed by atoms with E-state index in [2.05, 4.69) is 13.8 Å². The molecule has 0 aromatic heterocycles. The van der Waals surface area contributed by atoms with Crippen molar-refractivity contribution in [2.24, 2.45) is 5.92 Å². The summed E-state index contributed by atoms with van der Waals surface area (Å²) in [7, 11) is 0. The molecule has 1 aromatic rings. The van der Waals surface area contributed by atoms with E-state index in [1.54, 1.807) is 6.92 Å². The molecule has 1 rings (SSSR count). The van der Waals surface area contributed by atoms with E-state index in [4.69, 9.17) is 0 Å². The van der Waals surface area contributed by atoms with Gasteiger partial charge in [0.2, 0.25) is 0 Å². The van der Waals surface area contributed by atoms with Crippen LogP contribution in [0.2, 0.25) is 0 Å². The summed E-state index contributed by atoms with van der Waals surface area (Å²) in [5.41, 5.74) is 2.06. The predicted molar refractivity (Wildman–Crippen MR) is 58.4 cm³/mol. The van der Waals surface area contributed by atoms with Gasteiger partial charge in [0, 0.05) is 11.9 Å². The topological polar surface area (TPSA) is 40.1 Å². The van der Waals surface area contributed by atoms with E-state index in [1.807, 2.05) is 24.3 Å². The van der Waals surface area contributed by atoms with Gasteiger partial charge < -0.3 is 9.90 Å². The van der Waals surface area contributed by atoms with Gasteiger partial charge >= 0.3 is 18.9 Å². The summed E-state index contributed by atoms with van der Waals surface area (Å²) in [5, 5.41) is 10.7. The van der Waals surface area contributed by atoms with Gasteiger partial charge in [-0.1, -0.05) is 45.0 Å². The number of aliphatic carboxylic acids is 1. The van der Waals surface area contributed by atoms with Gasteiger partial charge in [0.1, 0.15) is 0 Å². The van der Waals surface area contributed by atoms with Crippen molar-refractivity contribution in [3.05, 3.63) is 35.4 Å². The Morgan fingerprint density at radius 1 is 1.19 bits per heavy atom. The summed E-state index contributed by atoms with van der Waals surface area (Å²) >= 11 is 0. The Balaban J connectivity index is 0.00000225. The summed E-state index contributed by atoms with van der Waals surface area (Å²) in [6.07, 6.45) is 1.03. The SMILES string of the molecule is CC(C)Cc1ccc([C@H](C)C(=O)[O-])cc1.[Li+]. The van der Waals surface area contributed by atoms with Crippen molar-refractivity contribution in [2.75, 3.05) is 0 Å². The van der Waals surface area contributed by atoms with E-state index in [9.17, 15) is 9.90 Å². The van der Waals surface area contributed by atoms with Crippen LogP contribution >= 0.6 is 0 Å². The first kappa shape index (κ1) is 15.3. The molecule has 2 nitrogen and oxygen atoms in total. The van der Waals surface area contributed by atoms with Crippen LogP contribution in [-0.4, -0.2) is 5.97 Å². The summed E-state index contributed by atoms with van der Waals surface area (Å²) in [6.45, 7) is 5.97. The Bertz CT molecular complexity index is 330. The molecule has 0 radical (unpaired) electrons. The second kappa shape index (κ2) is 6.78. The molecule has 0 spiro atoms. The first-order chi connectivity index (χ1) is 7.00. The third-order valence-corrected chi connectivity index (χ3v) is 2.48. The Morgan fingerprint density at radius 2 is 1.69 bits per heavy atom. The maximum atomic E-state index is 10.7. The van der Waals surface area contributed by atoms with Crippen LogP contribution in [0.1, 0.15) is 37.8 Å². The summed E-state index contributed by atoms with van der Waals surface area (Å²) < 4.78 is 0. The molecular formula is C13H17LiO2. The van der Waals surface area contributed by atoms with Crippen molar-refractivity contribution in [3.63, 3.8) is 0 Å². The fourth-order valence-corrected chi connectivity index (χ4v) is 1.55. The monoisotopic (exact) mass is 212 g/mol. The van der Waals surface area contributed by atoms with E-state index in [-0.39, 0.29) is 18.9 Å². The number of benzene rings is 1. The van der Waals surface area contributed by atoms with Gasteiger partial charge in [0.05, 0.1) is 0 Å². The molecule has 16 heavy (non-hydrogen) atoms. The van der Waals surface area contributed by atoms with Crippen LogP contribution < -0.4 is 24.0 Å². The van der Waals surface area contributed by atoms with Crippen molar-refractivity contribution in [3.8, 4) is 0 Å². The zero-order valence-corrected chi connectivity index (χ0v) is 10.5. The van der Waals surface area contributed by atoms with Crippen LogP contribution in [-0.2, 0) is 11.2 Å². The summed E-state index contributed by atoms with van der Waals surface area (Å²) in [6, 6.07) is 7.74. The maximum Gasteiger partial charge on any atom is 1.00 e. The van der Waals surface area contributed by atoms with Crippen LogP contribution in [0.15, 0.2) is 24.3 Å². The van der Waals surface area contributed by atoms with E-state index < -0.39 is 11.9 Å². The number of rotatable bonds is 4. The normalized spacial score (nSPS) is 12.0. The quantitative estimate of drug-likeness (QED) is 0.585. The van der Waals surface area contributed by atoms with Gasteiger partial charge in [-0.15, -0.1) is 0 Å². The Labute approximate surface area is 109 Å². The second-order valence-electron chi connectivity index (χ2n) is 4.38. The van der Waals surface area contributed by atoms with Crippen LogP contribution in [0.25, 0.3) is 0 Å². The molecule has 0 saturated heterocycles. The molecule has 0 fully saturated rings. The number of hydrogen-bond acceptors (Lipinski definition) is 2. The molecule has 0 amide bonds. The maximum absolute atomic E-state index is 10.7. The number of carbonyl (C=O) groups is 1. The molecule has 0 bridgehead atoms. The fourth-order valence-electron chi connectivity index (χ4n) is 1.55. The molecular weight excluding hydrogens is 195 g/mol. The molecule has 82 valence electrons. The largest absolute Gasteiger partial charge is 1.00 e. The number of carboxylic acid groups (broad SMARTS) is 1. The van der Waals surface area contributed by atoms with Crippen LogP contribution in [0.5, 0.6) is 0 Å². The molecule has 0 saturated carbocycles. The molecule has 0 unspecified atom stereocenters. The van der Waals surface area contributed by atoms with Crippen molar-refractivity contribution >= 4 is 5.97 Å². The van der Waals surface area contributed by atoms with Crippen molar-refractivity contribution in [1.29, 1.82) is 0 Å². The first-order valence-corrected chi connectivity index (χ1v) is 5.30. The van der Waals surface area contributed by atoms with E-state index >= 15 is 0 Å². The molecule has 0 N–H and O–H groups in total. The minimum absolute atomic E-state index is 0. The molecule has 0 aliphatic rings. The predicted octanol–water partition coefficient (Wildman–Crippen LogP) is -1.26. The molecule has 0 heterocycles. The van der Waals surface area contributed by atoms with E-state index in [0.29, 0.717) is 5.92 Å². The average molecular weight is 212 g/mol. The third-order valence-electron chi connectivity index (χ3n) is 2.48. The van der Waals surface area contributed by atoms with E-state index in [0.717, 1.165) is 12.0 Å². The van der Waals surface area contributed by atoms with Crippen molar-refractivity contribution in [1.82, 2.24) is 0 Å². The Kier molecular flexibility index (Phi) is 6.48. The number of carbonyl (C=O) groups excluding carboxylic acids is 1. The van der Waals surface area contributed by atoms with Crippen LogP contribution in [0.4, 0.5) is 0 Å². The number of carboxylic acids is 1. The summed E-state index contributed by atoms with van der Waals surface area (Å²) in [5.74, 6) is -0.931. The van der Waals surface area contributed by atoms with Gasteiger partial charge in [-0.2, -0.15) is 0 Å². The minimum atomic E-state index is -1.02.